The van der Waals surface area contributed by atoms with Crippen LogP contribution in [0.3, 0.4) is 0 Å². The molecule has 2 rings (SSSR count). The summed E-state index contributed by atoms with van der Waals surface area (Å²) in [6.07, 6.45) is 0. The highest BCUT2D eigenvalue weighted by Crippen LogP contribution is 2.16. The van der Waals surface area contributed by atoms with Crippen LogP contribution in [0.25, 0.3) is 0 Å². The molecule has 0 aliphatic heterocycles. The summed E-state index contributed by atoms with van der Waals surface area (Å²) in [4.78, 5) is 26.5. The summed E-state index contributed by atoms with van der Waals surface area (Å²) in [7, 11) is -0.845. The highest BCUT2D eigenvalue weighted by Gasteiger charge is 2.24. The van der Waals surface area contributed by atoms with Gasteiger partial charge in [0, 0.05) is 11.9 Å². The fourth-order valence-corrected chi connectivity index (χ4v) is 4.15. The first-order valence-electron chi connectivity index (χ1n) is 8.32. The number of thiophene rings is 1. The number of esters is 1. The van der Waals surface area contributed by atoms with Gasteiger partial charge in [-0.25, -0.2) is 8.42 Å². The highest BCUT2D eigenvalue weighted by molar-refractivity contribution is 7.89. The minimum Gasteiger partial charge on any atom is -0.497 e. The molecule has 0 radical (unpaired) electrons. The van der Waals surface area contributed by atoms with E-state index in [1.54, 1.807) is 7.05 Å². The van der Waals surface area contributed by atoms with Gasteiger partial charge in [0.15, 0.2) is 6.61 Å². The van der Waals surface area contributed by atoms with E-state index >= 15 is 0 Å². The fourth-order valence-electron chi connectivity index (χ4n) is 2.20. The van der Waals surface area contributed by atoms with Crippen molar-refractivity contribution in [2.75, 3.05) is 20.8 Å². The monoisotopic (exact) mass is 426 g/mol. The predicted molar refractivity (Wildman–Crippen MR) is 105 cm³/mol. The van der Waals surface area contributed by atoms with Crippen molar-refractivity contribution in [2.45, 2.75) is 24.4 Å². The summed E-state index contributed by atoms with van der Waals surface area (Å²) in [6, 6.07) is 8.36. The predicted octanol–water partition coefficient (Wildman–Crippen LogP) is 1.63. The van der Waals surface area contributed by atoms with E-state index in [2.05, 4.69) is 4.72 Å². The molecule has 0 aliphatic carbocycles. The number of likely N-dealkylation sites (N-methyl/N-ethyl adjacent to an activating group) is 1. The number of carbonyl (C=O) groups excluding carboxylic acids is 2. The Hall–Kier alpha value is -2.43. The van der Waals surface area contributed by atoms with Crippen molar-refractivity contribution in [3.8, 4) is 5.75 Å². The maximum atomic E-state index is 12.3. The van der Waals surface area contributed by atoms with E-state index in [-0.39, 0.29) is 10.8 Å². The number of methoxy groups -OCH3 is 1. The number of hydrogen-bond donors (Lipinski definition) is 1. The van der Waals surface area contributed by atoms with E-state index < -0.39 is 28.6 Å². The van der Waals surface area contributed by atoms with Crippen LogP contribution in [0.2, 0.25) is 0 Å². The Morgan fingerprint density at radius 2 is 1.89 bits per heavy atom. The van der Waals surface area contributed by atoms with Gasteiger partial charge in [0.25, 0.3) is 5.91 Å². The number of nitrogens with one attached hydrogen (secondary N) is 1. The molecule has 0 fully saturated rings. The molecule has 1 atom stereocenters. The summed E-state index contributed by atoms with van der Waals surface area (Å²) in [6.45, 7) is 1.30. The Morgan fingerprint density at radius 1 is 1.21 bits per heavy atom. The van der Waals surface area contributed by atoms with Gasteiger partial charge in [0.05, 0.1) is 18.6 Å². The quantitative estimate of drug-likeness (QED) is 0.612. The zero-order valence-corrected chi connectivity index (χ0v) is 17.4. The largest absolute Gasteiger partial charge is 0.497 e. The molecule has 1 amide bonds. The molecule has 1 aromatic carbocycles. The second-order valence-corrected chi connectivity index (χ2v) is 8.70. The Bertz CT molecular complexity index is 895. The van der Waals surface area contributed by atoms with Crippen LogP contribution in [0.4, 0.5) is 0 Å². The molecule has 0 saturated heterocycles. The maximum Gasteiger partial charge on any atom is 0.324 e. The van der Waals surface area contributed by atoms with Crippen molar-refractivity contribution in [2.24, 2.45) is 0 Å². The van der Waals surface area contributed by atoms with Crippen molar-refractivity contribution in [3.05, 3.63) is 46.7 Å². The number of carbonyl (C=O) groups is 2. The summed E-state index contributed by atoms with van der Waals surface area (Å²) >= 11 is 1.52. The molecule has 0 aliphatic rings. The van der Waals surface area contributed by atoms with Crippen molar-refractivity contribution < 1.29 is 27.5 Å². The van der Waals surface area contributed by atoms with Crippen LogP contribution in [-0.4, -0.2) is 52.0 Å². The molecular weight excluding hydrogens is 404 g/mol. The number of ether oxygens (including phenoxy) is 2. The fraction of sp³-hybridized carbons (Fsp3) is 0.333. The molecule has 0 bridgehead atoms. The lowest BCUT2D eigenvalue weighted by Gasteiger charge is -2.18. The summed E-state index contributed by atoms with van der Waals surface area (Å²) in [5.74, 6) is -0.710. The van der Waals surface area contributed by atoms with Crippen molar-refractivity contribution in [3.63, 3.8) is 0 Å². The number of amides is 1. The third-order valence-electron chi connectivity index (χ3n) is 3.79. The molecule has 1 aromatic heterocycles. The van der Waals surface area contributed by atoms with Crippen LogP contribution in [0.5, 0.6) is 5.75 Å². The van der Waals surface area contributed by atoms with E-state index in [9.17, 15) is 18.0 Å². The highest BCUT2D eigenvalue weighted by atomic mass is 32.2. The normalized spacial score (nSPS) is 12.2. The van der Waals surface area contributed by atoms with Crippen molar-refractivity contribution in [1.29, 1.82) is 0 Å². The van der Waals surface area contributed by atoms with E-state index in [0.717, 1.165) is 4.88 Å². The van der Waals surface area contributed by atoms with Gasteiger partial charge in [-0.1, -0.05) is 6.07 Å². The topological polar surface area (TPSA) is 102 Å². The molecule has 152 valence electrons. The van der Waals surface area contributed by atoms with Crippen LogP contribution in [0.15, 0.2) is 46.7 Å². The Morgan fingerprint density at radius 3 is 2.46 bits per heavy atom. The van der Waals surface area contributed by atoms with Crippen LogP contribution in [0.1, 0.15) is 11.8 Å². The zero-order chi connectivity index (χ0) is 20.7. The van der Waals surface area contributed by atoms with E-state index in [0.29, 0.717) is 12.3 Å². The van der Waals surface area contributed by atoms with Gasteiger partial charge in [-0.15, -0.1) is 11.3 Å². The summed E-state index contributed by atoms with van der Waals surface area (Å²) < 4.78 is 36.8. The van der Waals surface area contributed by atoms with Crippen LogP contribution in [-0.2, 0) is 30.9 Å². The van der Waals surface area contributed by atoms with Crippen LogP contribution < -0.4 is 9.46 Å². The first-order valence-corrected chi connectivity index (χ1v) is 10.7. The third kappa shape index (κ3) is 6.04. The minimum absolute atomic E-state index is 0.0142. The average Bonchev–Trinajstić information content (AvgIpc) is 3.18. The molecule has 0 spiro atoms. The first kappa shape index (κ1) is 21.9. The molecule has 1 N–H and O–H groups in total. The molecule has 2 aromatic rings. The molecule has 28 heavy (non-hydrogen) atoms. The van der Waals surface area contributed by atoms with Gasteiger partial charge in [0.1, 0.15) is 11.8 Å². The van der Waals surface area contributed by atoms with Gasteiger partial charge in [-0.05, 0) is 42.6 Å². The number of rotatable bonds is 9. The molecule has 1 unspecified atom stereocenters. The van der Waals surface area contributed by atoms with Gasteiger partial charge >= 0.3 is 5.97 Å². The van der Waals surface area contributed by atoms with Crippen molar-refractivity contribution >= 4 is 33.2 Å². The third-order valence-corrected chi connectivity index (χ3v) is 6.21. The van der Waals surface area contributed by atoms with Crippen LogP contribution in [0, 0.1) is 0 Å². The van der Waals surface area contributed by atoms with Gasteiger partial charge in [-0.3, -0.25) is 9.59 Å². The summed E-state index contributed by atoms with van der Waals surface area (Å²) in [5.41, 5.74) is 0. The molecule has 10 heteroatoms. The smallest absolute Gasteiger partial charge is 0.324 e. The van der Waals surface area contributed by atoms with E-state index in [1.807, 2.05) is 17.5 Å². The summed E-state index contributed by atoms with van der Waals surface area (Å²) in [5, 5.41) is 1.91. The Balaban J connectivity index is 1.86. The lowest BCUT2D eigenvalue weighted by Crippen LogP contribution is -2.41. The zero-order valence-electron chi connectivity index (χ0n) is 15.7. The lowest BCUT2D eigenvalue weighted by atomic mass is 10.3. The second kappa shape index (κ2) is 9.67. The van der Waals surface area contributed by atoms with Gasteiger partial charge in [-0.2, -0.15) is 4.72 Å². The standard InChI is InChI=1S/C18H22N2O6S2/c1-13(19-28(23,24)16-8-6-14(25-3)7-9-16)18(22)26-12-17(21)20(2)11-15-5-4-10-27-15/h4-10,13,19H,11-12H2,1-3H3. The lowest BCUT2D eigenvalue weighted by molar-refractivity contribution is -0.152. The number of benzene rings is 1. The molecule has 0 saturated carbocycles. The average molecular weight is 427 g/mol. The van der Waals surface area contributed by atoms with Gasteiger partial charge in [0.2, 0.25) is 10.0 Å². The molecular formula is C18H22N2O6S2. The Kier molecular flexibility index (Phi) is 7.55. The van der Waals surface area contributed by atoms with Gasteiger partial charge < -0.3 is 14.4 Å². The number of hydrogen-bond acceptors (Lipinski definition) is 7. The number of nitrogens with zero attached hydrogens (tertiary/aromatic N) is 1. The first-order chi connectivity index (χ1) is 13.2. The van der Waals surface area contributed by atoms with E-state index in [1.165, 1.54) is 54.5 Å². The SMILES string of the molecule is COc1ccc(S(=O)(=O)NC(C)C(=O)OCC(=O)N(C)Cc2cccs2)cc1. The minimum atomic E-state index is -3.92. The molecule has 1 heterocycles. The molecule has 8 nitrogen and oxygen atoms in total. The van der Waals surface area contributed by atoms with E-state index in [4.69, 9.17) is 9.47 Å². The second-order valence-electron chi connectivity index (χ2n) is 5.96. The number of sulfonamides is 1. The van der Waals surface area contributed by atoms with Crippen LogP contribution >= 0.6 is 11.3 Å². The van der Waals surface area contributed by atoms with Crippen molar-refractivity contribution in [1.82, 2.24) is 9.62 Å². The Labute approximate surface area is 168 Å². The maximum absolute atomic E-state index is 12.3.